The summed E-state index contributed by atoms with van der Waals surface area (Å²) in [6, 6.07) is 14.6. The fraction of sp³-hybridized carbons (Fsp3) is 0.227. The van der Waals surface area contributed by atoms with Crippen LogP contribution in [-0.4, -0.2) is 25.3 Å². The highest BCUT2D eigenvalue weighted by Crippen LogP contribution is 2.28. The molecule has 0 unspecified atom stereocenters. The Balaban J connectivity index is 1.84. The van der Waals surface area contributed by atoms with Gasteiger partial charge < -0.3 is 13.5 Å². The first-order valence-electron chi connectivity index (χ1n) is 9.32. The maximum Gasteiger partial charge on any atom is 0.340 e. The fourth-order valence-electron chi connectivity index (χ4n) is 3.02. The molecule has 0 aliphatic carbocycles. The molecule has 30 heavy (non-hydrogen) atoms. The normalized spacial score (nSPS) is 11.5. The van der Waals surface area contributed by atoms with Crippen LogP contribution in [0.4, 0.5) is 0 Å². The van der Waals surface area contributed by atoms with Crippen molar-refractivity contribution in [3.05, 3.63) is 82.8 Å². The monoisotopic (exact) mass is 447 g/mol. The van der Waals surface area contributed by atoms with E-state index in [-0.39, 0.29) is 39.9 Å². The number of amides is 1. The maximum atomic E-state index is 12.8. The van der Waals surface area contributed by atoms with E-state index in [0.717, 1.165) is 0 Å². The summed E-state index contributed by atoms with van der Waals surface area (Å²) in [5.41, 5.74) is 1.21. The first-order chi connectivity index (χ1) is 14.2. The van der Waals surface area contributed by atoms with Crippen LogP contribution in [-0.2, 0) is 16.7 Å². The third kappa shape index (κ3) is 4.86. The minimum Gasteiger partial charge on any atom is -0.459 e. The van der Waals surface area contributed by atoms with Gasteiger partial charge in [0.1, 0.15) is 10.6 Å². The molecular weight excluding hydrogens is 426 g/mol. The van der Waals surface area contributed by atoms with Crippen molar-refractivity contribution in [3.8, 4) is 5.75 Å². The van der Waals surface area contributed by atoms with Crippen LogP contribution in [0, 0.1) is 6.92 Å². The molecule has 8 heteroatoms. The molecule has 0 saturated heterocycles. The van der Waals surface area contributed by atoms with Gasteiger partial charge in [-0.15, -0.1) is 0 Å². The maximum absolute atomic E-state index is 12.8. The molecule has 0 radical (unpaired) electrons. The average Bonchev–Trinajstić information content (AvgIpc) is 3.19. The number of aryl methyl sites for hydroxylation is 1. The molecule has 1 amide bonds. The van der Waals surface area contributed by atoms with E-state index in [1.54, 1.807) is 60.4 Å². The molecule has 0 N–H and O–H groups in total. The van der Waals surface area contributed by atoms with Crippen LogP contribution in [0.25, 0.3) is 0 Å². The second kappa shape index (κ2) is 8.93. The molecule has 0 aliphatic rings. The topological polar surface area (TPSA) is 76.8 Å². The zero-order valence-corrected chi connectivity index (χ0v) is 18.4. The van der Waals surface area contributed by atoms with Gasteiger partial charge in [-0.2, -0.15) is 8.42 Å². The van der Waals surface area contributed by atoms with Crippen LogP contribution in [0.15, 0.2) is 70.2 Å². The molecule has 2 aromatic carbocycles. The van der Waals surface area contributed by atoms with Crippen LogP contribution in [0.3, 0.4) is 0 Å². The lowest BCUT2D eigenvalue weighted by Crippen LogP contribution is -2.36. The summed E-state index contributed by atoms with van der Waals surface area (Å²) in [4.78, 5) is 14.3. The molecule has 0 bridgehead atoms. The highest BCUT2D eigenvalue weighted by Gasteiger charge is 2.24. The SMILES string of the molecule is Cc1cccc(Cl)c1S(=O)(=O)Oc1cccc(CN(C(=O)c2ccco2)C(C)C)c1. The van der Waals surface area contributed by atoms with Crippen molar-refractivity contribution < 1.29 is 21.8 Å². The van der Waals surface area contributed by atoms with Crippen LogP contribution in [0.2, 0.25) is 5.02 Å². The third-order valence-corrected chi connectivity index (χ3v) is 6.37. The Kier molecular flexibility index (Phi) is 6.53. The smallest absolute Gasteiger partial charge is 0.340 e. The highest BCUT2D eigenvalue weighted by molar-refractivity contribution is 7.87. The Morgan fingerprint density at radius 3 is 2.50 bits per heavy atom. The van der Waals surface area contributed by atoms with Gasteiger partial charge in [0.25, 0.3) is 5.91 Å². The van der Waals surface area contributed by atoms with Gasteiger partial charge >= 0.3 is 10.1 Å². The molecule has 0 spiro atoms. The predicted octanol–water partition coefficient (Wildman–Crippen LogP) is 5.06. The molecule has 0 aliphatic heterocycles. The molecule has 3 aromatic rings. The number of furan rings is 1. The highest BCUT2D eigenvalue weighted by atomic mass is 35.5. The summed E-state index contributed by atoms with van der Waals surface area (Å²) in [5.74, 6) is 0.134. The van der Waals surface area contributed by atoms with Gasteiger partial charge in [-0.1, -0.05) is 35.9 Å². The minimum atomic E-state index is -4.12. The largest absolute Gasteiger partial charge is 0.459 e. The fourth-order valence-corrected chi connectivity index (χ4v) is 4.74. The number of halogens is 1. The van der Waals surface area contributed by atoms with Gasteiger partial charge in [-0.05, 0) is 62.2 Å². The lowest BCUT2D eigenvalue weighted by molar-refractivity contribution is 0.0657. The van der Waals surface area contributed by atoms with Crippen molar-refractivity contribution in [2.75, 3.05) is 0 Å². The van der Waals surface area contributed by atoms with Gasteiger partial charge in [-0.25, -0.2) is 0 Å². The van der Waals surface area contributed by atoms with Crippen LogP contribution in [0.1, 0.15) is 35.5 Å². The molecule has 6 nitrogen and oxygen atoms in total. The Labute approximate surface area is 181 Å². The standard InChI is InChI=1S/C22H22ClNO5S/c1-15(2)24(22(25)20-11-6-12-28-20)14-17-8-5-9-18(13-17)29-30(26,27)21-16(3)7-4-10-19(21)23/h4-13,15H,14H2,1-3H3. The van der Waals surface area contributed by atoms with Gasteiger partial charge in [-0.3, -0.25) is 4.79 Å². The summed E-state index contributed by atoms with van der Waals surface area (Å²) in [5, 5.41) is 0.0983. The van der Waals surface area contributed by atoms with E-state index in [1.807, 2.05) is 13.8 Å². The summed E-state index contributed by atoms with van der Waals surface area (Å²) >= 11 is 6.09. The van der Waals surface area contributed by atoms with E-state index < -0.39 is 10.1 Å². The lowest BCUT2D eigenvalue weighted by Gasteiger charge is -2.26. The number of carbonyl (C=O) groups excluding carboxylic acids is 1. The molecule has 158 valence electrons. The van der Waals surface area contributed by atoms with Crippen molar-refractivity contribution in [1.82, 2.24) is 4.90 Å². The molecule has 1 heterocycles. The Bertz CT molecular complexity index is 1120. The average molecular weight is 448 g/mol. The second-order valence-electron chi connectivity index (χ2n) is 7.07. The first-order valence-corrected chi connectivity index (χ1v) is 11.1. The molecule has 3 rings (SSSR count). The summed E-state index contributed by atoms with van der Waals surface area (Å²) in [6.45, 7) is 5.70. The summed E-state index contributed by atoms with van der Waals surface area (Å²) in [7, 11) is -4.12. The number of nitrogens with zero attached hydrogens (tertiary/aromatic N) is 1. The Hall–Kier alpha value is -2.77. The molecule has 0 saturated carbocycles. The minimum absolute atomic E-state index is 0.0612. The first kappa shape index (κ1) is 21.9. The Morgan fingerprint density at radius 1 is 1.13 bits per heavy atom. The number of benzene rings is 2. The van der Waals surface area contributed by atoms with Crippen molar-refractivity contribution in [2.24, 2.45) is 0 Å². The number of carbonyl (C=O) groups is 1. The van der Waals surface area contributed by atoms with Gasteiger partial charge in [0, 0.05) is 12.6 Å². The molecule has 0 fully saturated rings. The van der Waals surface area contributed by atoms with Crippen molar-refractivity contribution in [3.63, 3.8) is 0 Å². The predicted molar refractivity (Wildman–Crippen MR) is 114 cm³/mol. The summed E-state index contributed by atoms with van der Waals surface area (Å²) < 4.78 is 36.1. The van der Waals surface area contributed by atoms with Gasteiger partial charge in [0.15, 0.2) is 5.76 Å². The summed E-state index contributed by atoms with van der Waals surface area (Å²) in [6.07, 6.45) is 1.45. The third-order valence-electron chi connectivity index (χ3n) is 4.49. The van der Waals surface area contributed by atoms with Crippen LogP contribution in [0.5, 0.6) is 5.75 Å². The molecule has 1 aromatic heterocycles. The van der Waals surface area contributed by atoms with Crippen molar-refractivity contribution >= 4 is 27.6 Å². The number of hydrogen-bond donors (Lipinski definition) is 0. The Morgan fingerprint density at radius 2 is 1.87 bits per heavy atom. The van der Waals surface area contributed by atoms with E-state index in [0.29, 0.717) is 11.1 Å². The quantitative estimate of drug-likeness (QED) is 0.473. The molecular formula is C22H22ClNO5S. The zero-order valence-electron chi connectivity index (χ0n) is 16.8. The number of rotatable bonds is 7. The number of hydrogen-bond acceptors (Lipinski definition) is 5. The zero-order chi connectivity index (χ0) is 21.9. The van der Waals surface area contributed by atoms with E-state index in [2.05, 4.69) is 0 Å². The van der Waals surface area contributed by atoms with Gasteiger partial charge in [0.05, 0.1) is 11.3 Å². The van der Waals surface area contributed by atoms with Crippen LogP contribution < -0.4 is 4.18 Å². The van der Waals surface area contributed by atoms with E-state index in [9.17, 15) is 13.2 Å². The van der Waals surface area contributed by atoms with Crippen molar-refractivity contribution in [1.29, 1.82) is 0 Å². The lowest BCUT2D eigenvalue weighted by atomic mass is 10.1. The van der Waals surface area contributed by atoms with Crippen molar-refractivity contribution in [2.45, 2.75) is 38.3 Å². The second-order valence-corrected chi connectivity index (χ2v) is 8.97. The van der Waals surface area contributed by atoms with E-state index >= 15 is 0 Å². The van der Waals surface area contributed by atoms with E-state index in [1.165, 1.54) is 12.3 Å². The molecule has 0 atom stereocenters. The van der Waals surface area contributed by atoms with Gasteiger partial charge in [0.2, 0.25) is 0 Å². The van der Waals surface area contributed by atoms with Crippen LogP contribution >= 0.6 is 11.6 Å². The van der Waals surface area contributed by atoms with E-state index in [4.69, 9.17) is 20.2 Å².